The molecule has 4 saturated heterocycles. The molecule has 1 aromatic rings. The summed E-state index contributed by atoms with van der Waals surface area (Å²) < 4.78 is 6.10. The zero-order valence-corrected chi connectivity index (χ0v) is 20.0. The number of piperazine rings is 1. The standard InChI is InChI=1S/C26H30N3O5/c1-22(2)10-8-14-16(34-22)7-6-15-18(14)29(33)19-23(3,4)17-12-24-9-5-11-28(24)21(31)25(17,27-20(24)30)13-26(15,19)32/h6-8,10,17,19,32H,5,9,11-13H2,1-4H3,(H,27,30)/q-1/t17-,19?,24-,25-,26+/m1/s1. The summed E-state index contributed by atoms with van der Waals surface area (Å²) in [6.45, 7) is 8.42. The molecule has 5 atom stereocenters. The van der Waals surface area contributed by atoms with Crippen LogP contribution in [0.1, 0.15) is 64.5 Å². The van der Waals surface area contributed by atoms with Crippen molar-refractivity contribution in [3.05, 3.63) is 34.5 Å². The first-order valence-electron chi connectivity index (χ1n) is 12.3. The molecule has 34 heavy (non-hydrogen) atoms. The lowest BCUT2D eigenvalue weighted by Crippen LogP contribution is -2.86. The van der Waals surface area contributed by atoms with E-state index in [4.69, 9.17) is 4.74 Å². The van der Waals surface area contributed by atoms with Crippen molar-refractivity contribution >= 4 is 23.6 Å². The van der Waals surface area contributed by atoms with Crippen molar-refractivity contribution in [1.82, 2.24) is 10.2 Å². The second-order valence-electron chi connectivity index (χ2n) is 12.3. The Hall–Kier alpha value is -2.58. The number of amides is 2. The molecule has 7 aliphatic rings. The SMILES string of the molecule is CC1(C)C=Cc2c(ccc3c2N([O-])C2C(C)(C)[C@H]4C[C@@]56CCCN5C(=O)[C@]4(C[C@]32O)NC6=O)O1. The van der Waals surface area contributed by atoms with Crippen molar-refractivity contribution in [2.24, 2.45) is 11.3 Å². The minimum atomic E-state index is -1.59. The van der Waals surface area contributed by atoms with E-state index in [0.29, 0.717) is 42.0 Å². The summed E-state index contributed by atoms with van der Waals surface area (Å²) in [6.07, 6.45) is 5.78. The molecule has 6 heterocycles. The largest absolute Gasteiger partial charge is 0.758 e. The van der Waals surface area contributed by atoms with Crippen LogP contribution in [0.15, 0.2) is 18.2 Å². The van der Waals surface area contributed by atoms with Gasteiger partial charge >= 0.3 is 0 Å². The lowest BCUT2D eigenvalue weighted by molar-refractivity contribution is -0.206. The van der Waals surface area contributed by atoms with Gasteiger partial charge in [0.15, 0.2) is 0 Å². The monoisotopic (exact) mass is 464 g/mol. The number of hydrogen-bond acceptors (Lipinski definition) is 6. The maximum absolute atomic E-state index is 14.0. The van der Waals surface area contributed by atoms with E-state index in [-0.39, 0.29) is 24.2 Å². The molecule has 5 fully saturated rings. The molecule has 2 spiro atoms. The minimum Gasteiger partial charge on any atom is -0.758 e. The van der Waals surface area contributed by atoms with Crippen molar-refractivity contribution < 1.29 is 19.4 Å². The molecule has 1 aromatic carbocycles. The number of anilines is 1. The third-order valence-electron chi connectivity index (χ3n) is 9.74. The molecule has 1 saturated carbocycles. The Bertz CT molecular complexity index is 1220. The molecular weight excluding hydrogens is 434 g/mol. The lowest BCUT2D eigenvalue weighted by Gasteiger charge is -2.69. The number of aliphatic hydroxyl groups is 1. The minimum absolute atomic E-state index is 0.00346. The highest BCUT2D eigenvalue weighted by Crippen LogP contribution is 2.67. The van der Waals surface area contributed by atoms with E-state index in [1.165, 1.54) is 0 Å². The summed E-state index contributed by atoms with van der Waals surface area (Å²) in [4.78, 5) is 29.1. The maximum Gasteiger partial charge on any atom is 0.249 e. The molecule has 180 valence electrons. The number of nitrogens with one attached hydrogen (secondary N) is 1. The third-order valence-corrected chi connectivity index (χ3v) is 9.74. The summed E-state index contributed by atoms with van der Waals surface area (Å²) in [7, 11) is 0. The van der Waals surface area contributed by atoms with Gasteiger partial charge in [0.25, 0.3) is 0 Å². The van der Waals surface area contributed by atoms with Gasteiger partial charge in [0, 0.05) is 35.7 Å². The van der Waals surface area contributed by atoms with Crippen molar-refractivity contribution in [3.63, 3.8) is 0 Å². The second-order valence-corrected chi connectivity index (χ2v) is 12.3. The van der Waals surface area contributed by atoms with Crippen LogP contribution in [0, 0.1) is 16.5 Å². The molecule has 2 N–H and O–H groups in total. The van der Waals surface area contributed by atoms with E-state index < -0.39 is 33.7 Å². The number of rotatable bonds is 0. The first-order valence-corrected chi connectivity index (χ1v) is 12.3. The Morgan fingerprint density at radius 2 is 1.97 bits per heavy atom. The molecule has 6 aliphatic heterocycles. The predicted molar refractivity (Wildman–Crippen MR) is 125 cm³/mol. The summed E-state index contributed by atoms with van der Waals surface area (Å²) >= 11 is 0. The first-order chi connectivity index (χ1) is 15.9. The van der Waals surface area contributed by atoms with E-state index in [2.05, 4.69) is 5.32 Å². The van der Waals surface area contributed by atoms with Crippen LogP contribution in [0.5, 0.6) is 5.75 Å². The van der Waals surface area contributed by atoms with Crippen LogP contribution in [0.4, 0.5) is 5.69 Å². The zero-order chi connectivity index (χ0) is 24.1. The highest BCUT2D eigenvalue weighted by molar-refractivity contribution is 6.05. The van der Waals surface area contributed by atoms with Crippen LogP contribution >= 0.6 is 0 Å². The van der Waals surface area contributed by atoms with Crippen molar-refractivity contribution in [3.8, 4) is 5.75 Å². The Kier molecular flexibility index (Phi) is 3.43. The van der Waals surface area contributed by atoms with Gasteiger partial charge in [0.2, 0.25) is 11.8 Å². The van der Waals surface area contributed by atoms with Crippen LogP contribution in [0.25, 0.3) is 6.08 Å². The number of carbonyl (C=O) groups excluding carboxylic acids is 2. The van der Waals surface area contributed by atoms with Crippen molar-refractivity contribution in [2.45, 2.75) is 81.7 Å². The van der Waals surface area contributed by atoms with Gasteiger partial charge in [-0.15, -0.1) is 0 Å². The van der Waals surface area contributed by atoms with E-state index in [0.717, 1.165) is 11.5 Å². The fraction of sp³-hybridized carbons (Fsp3) is 0.615. The van der Waals surface area contributed by atoms with Gasteiger partial charge in [0.05, 0.1) is 6.04 Å². The van der Waals surface area contributed by atoms with Crippen LogP contribution in [0.2, 0.25) is 0 Å². The van der Waals surface area contributed by atoms with Gasteiger partial charge in [-0.1, -0.05) is 19.9 Å². The maximum atomic E-state index is 14.0. The quantitative estimate of drug-likeness (QED) is 0.611. The van der Waals surface area contributed by atoms with Crippen LogP contribution in [-0.4, -0.2) is 51.1 Å². The second kappa shape index (κ2) is 5.62. The fourth-order valence-electron chi connectivity index (χ4n) is 8.44. The molecule has 8 heteroatoms. The Morgan fingerprint density at radius 1 is 1.21 bits per heavy atom. The molecule has 0 aromatic heterocycles. The summed E-state index contributed by atoms with van der Waals surface area (Å²) in [5, 5.41) is 30.4. The molecular formula is C26H30N3O5-. The number of fused-ring (bicyclic) bond motifs is 6. The van der Waals surface area contributed by atoms with Gasteiger partial charge in [-0.25, -0.2) is 0 Å². The molecule has 8 nitrogen and oxygen atoms in total. The third kappa shape index (κ3) is 2.02. The summed E-state index contributed by atoms with van der Waals surface area (Å²) in [5.74, 6) is 0.138. The van der Waals surface area contributed by atoms with Gasteiger partial charge < -0.3 is 30.3 Å². The Morgan fingerprint density at radius 3 is 2.74 bits per heavy atom. The van der Waals surface area contributed by atoms with E-state index in [1.54, 1.807) is 17.0 Å². The van der Waals surface area contributed by atoms with E-state index >= 15 is 0 Å². The zero-order valence-electron chi connectivity index (χ0n) is 20.0. The molecule has 8 rings (SSSR count). The Labute approximate surface area is 198 Å². The van der Waals surface area contributed by atoms with Crippen molar-refractivity contribution in [1.29, 1.82) is 0 Å². The highest BCUT2D eigenvalue weighted by Gasteiger charge is 2.77. The van der Waals surface area contributed by atoms with Gasteiger partial charge in [0.1, 0.15) is 28.0 Å². The topological polar surface area (TPSA) is 105 Å². The average Bonchev–Trinajstić information content (AvgIpc) is 3.27. The van der Waals surface area contributed by atoms with Crippen molar-refractivity contribution in [2.75, 3.05) is 11.6 Å². The molecule has 1 unspecified atom stereocenters. The lowest BCUT2D eigenvalue weighted by atomic mass is 9.46. The predicted octanol–water partition coefficient (Wildman–Crippen LogP) is 2.42. The van der Waals surface area contributed by atoms with Gasteiger partial charge in [-0.05, 0) is 56.7 Å². The van der Waals surface area contributed by atoms with Gasteiger partial charge in [-0.3, -0.25) is 9.59 Å². The number of benzene rings is 1. The molecule has 2 amide bonds. The number of carbonyl (C=O) groups is 2. The average molecular weight is 465 g/mol. The van der Waals surface area contributed by atoms with Crippen LogP contribution in [-0.2, 0) is 15.2 Å². The molecule has 0 radical (unpaired) electrons. The molecule has 1 aliphatic carbocycles. The summed E-state index contributed by atoms with van der Waals surface area (Å²) in [6, 6.07) is 2.79. The highest BCUT2D eigenvalue weighted by atomic mass is 16.5. The van der Waals surface area contributed by atoms with Gasteiger partial charge in [-0.2, -0.15) is 0 Å². The number of hydroxylamine groups is 1. The number of nitrogens with zero attached hydrogens (tertiary/aromatic N) is 2. The van der Waals surface area contributed by atoms with Crippen LogP contribution in [0.3, 0.4) is 0 Å². The van der Waals surface area contributed by atoms with E-state index in [9.17, 15) is 19.9 Å². The normalized spacial score (nSPS) is 41.8. The van der Waals surface area contributed by atoms with Crippen LogP contribution < -0.4 is 15.1 Å². The molecule has 2 bridgehead atoms. The number of hydrogen-bond donors (Lipinski definition) is 2. The first kappa shape index (κ1) is 20.8. The smallest absolute Gasteiger partial charge is 0.249 e. The number of ether oxygens (including phenoxy) is 1. The fourth-order valence-corrected chi connectivity index (χ4v) is 8.44. The Balaban J connectivity index is 1.43. The number of piperidine rings is 2. The summed E-state index contributed by atoms with van der Waals surface area (Å²) in [5.41, 5.74) is -3.30. The van der Waals surface area contributed by atoms with E-state index in [1.807, 2.05) is 39.8 Å².